The Balaban J connectivity index is 0. The molecule has 2 N–H and O–H groups in total. The third-order valence-electron chi connectivity index (χ3n) is 1.21. The summed E-state index contributed by atoms with van der Waals surface area (Å²) in [6, 6.07) is 0. The second-order valence-corrected chi connectivity index (χ2v) is 2.26. The molecule has 1 fully saturated rings. The summed E-state index contributed by atoms with van der Waals surface area (Å²) in [6.45, 7) is 6.79. The van der Waals surface area contributed by atoms with Crippen LogP contribution in [0.1, 0.15) is 13.8 Å². The number of carbonyl (C=O) groups excluding carboxylic acids is 1. The molecule has 1 heterocycles. The van der Waals surface area contributed by atoms with E-state index in [0.29, 0.717) is 12.2 Å². The molecule has 0 aromatic carbocycles. The van der Waals surface area contributed by atoms with Crippen molar-refractivity contribution >= 4 is 6.29 Å². The standard InChI is InChI=1S/C5H10O2.C2H5NO.C2H6/c1-6-2-5-3-7-4-5;3-1-2-4;1-2/h5H,2-4H2,1H3;2H,1,3H2;1-2H3. The van der Waals surface area contributed by atoms with Crippen LogP contribution in [0.5, 0.6) is 0 Å². The van der Waals surface area contributed by atoms with Gasteiger partial charge in [0.1, 0.15) is 6.29 Å². The van der Waals surface area contributed by atoms with Crippen molar-refractivity contribution in [3.63, 3.8) is 0 Å². The van der Waals surface area contributed by atoms with Crippen LogP contribution in [0.2, 0.25) is 0 Å². The van der Waals surface area contributed by atoms with Gasteiger partial charge in [-0.05, 0) is 0 Å². The minimum Gasteiger partial charge on any atom is -0.384 e. The molecule has 1 aliphatic heterocycles. The molecule has 1 rings (SSSR count). The van der Waals surface area contributed by atoms with Crippen LogP contribution < -0.4 is 5.73 Å². The van der Waals surface area contributed by atoms with Crippen molar-refractivity contribution in [2.75, 3.05) is 33.5 Å². The van der Waals surface area contributed by atoms with E-state index in [4.69, 9.17) is 14.3 Å². The fraction of sp³-hybridized carbons (Fsp3) is 0.889. The molecule has 4 nitrogen and oxygen atoms in total. The zero-order chi connectivity index (χ0) is 10.5. The number of methoxy groups -OCH3 is 1. The highest BCUT2D eigenvalue weighted by atomic mass is 16.5. The van der Waals surface area contributed by atoms with Crippen molar-refractivity contribution in [1.29, 1.82) is 0 Å². The maximum absolute atomic E-state index is 9.05. The molecule has 13 heavy (non-hydrogen) atoms. The Kier molecular flexibility index (Phi) is 16.3. The van der Waals surface area contributed by atoms with Crippen molar-refractivity contribution in [1.82, 2.24) is 0 Å². The lowest BCUT2D eigenvalue weighted by Crippen LogP contribution is -2.30. The Morgan fingerprint density at radius 3 is 2.08 bits per heavy atom. The first kappa shape index (κ1) is 15.0. The van der Waals surface area contributed by atoms with Gasteiger partial charge in [0.05, 0.1) is 19.8 Å². The van der Waals surface area contributed by atoms with Crippen LogP contribution in [-0.4, -0.2) is 39.8 Å². The summed E-state index contributed by atoms with van der Waals surface area (Å²) in [5, 5.41) is 0. The van der Waals surface area contributed by atoms with Gasteiger partial charge < -0.3 is 20.0 Å². The van der Waals surface area contributed by atoms with Gasteiger partial charge in [0.2, 0.25) is 0 Å². The topological polar surface area (TPSA) is 61.6 Å². The highest BCUT2D eigenvalue weighted by Crippen LogP contribution is 2.08. The first-order valence-corrected chi connectivity index (χ1v) is 4.55. The SMILES string of the molecule is CC.COCC1COC1.NCC=O. The third kappa shape index (κ3) is 11.5. The van der Waals surface area contributed by atoms with Crippen LogP contribution in [0.4, 0.5) is 0 Å². The summed E-state index contributed by atoms with van der Waals surface area (Å²) >= 11 is 0. The lowest BCUT2D eigenvalue weighted by Gasteiger charge is -2.24. The van der Waals surface area contributed by atoms with Gasteiger partial charge in [-0.2, -0.15) is 0 Å². The second-order valence-electron chi connectivity index (χ2n) is 2.26. The third-order valence-corrected chi connectivity index (χ3v) is 1.21. The van der Waals surface area contributed by atoms with Crippen LogP contribution in [-0.2, 0) is 14.3 Å². The Labute approximate surface area is 80.4 Å². The first-order valence-electron chi connectivity index (χ1n) is 4.55. The van der Waals surface area contributed by atoms with Crippen LogP contribution in [0.25, 0.3) is 0 Å². The van der Waals surface area contributed by atoms with Crippen LogP contribution in [0.15, 0.2) is 0 Å². The fourth-order valence-corrected chi connectivity index (χ4v) is 0.616. The van der Waals surface area contributed by atoms with E-state index in [1.807, 2.05) is 13.8 Å². The van der Waals surface area contributed by atoms with Crippen LogP contribution in [0, 0.1) is 5.92 Å². The second kappa shape index (κ2) is 14.1. The van der Waals surface area contributed by atoms with Crippen molar-refractivity contribution in [2.45, 2.75) is 13.8 Å². The summed E-state index contributed by atoms with van der Waals surface area (Å²) in [7, 11) is 1.72. The summed E-state index contributed by atoms with van der Waals surface area (Å²) in [6.07, 6.45) is 0.653. The Morgan fingerprint density at radius 2 is 2.00 bits per heavy atom. The maximum Gasteiger partial charge on any atom is 0.133 e. The van der Waals surface area contributed by atoms with E-state index in [0.717, 1.165) is 19.8 Å². The highest BCUT2D eigenvalue weighted by molar-refractivity contribution is 5.51. The lowest BCUT2D eigenvalue weighted by atomic mass is 10.1. The monoisotopic (exact) mass is 191 g/mol. The highest BCUT2D eigenvalue weighted by Gasteiger charge is 2.16. The molecule has 0 spiro atoms. The number of aldehydes is 1. The molecular formula is C9H21NO3. The van der Waals surface area contributed by atoms with Crippen molar-refractivity contribution in [2.24, 2.45) is 11.7 Å². The predicted octanol–water partition coefficient (Wildman–Crippen LogP) is 0.449. The van der Waals surface area contributed by atoms with E-state index >= 15 is 0 Å². The minimum absolute atomic E-state index is 0.139. The van der Waals surface area contributed by atoms with Gasteiger partial charge in [0.25, 0.3) is 0 Å². The number of rotatable bonds is 3. The van der Waals surface area contributed by atoms with E-state index in [-0.39, 0.29) is 6.54 Å². The number of nitrogens with two attached hydrogens (primary N) is 1. The zero-order valence-electron chi connectivity index (χ0n) is 8.79. The van der Waals surface area contributed by atoms with Crippen LogP contribution >= 0.6 is 0 Å². The van der Waals surface area contributed by atoms with Gasteiger partial charge in [-0.1, -0.05) is 13.8 Å². The summed E-state index contributed by atoms with van der Waals surface area (Å²) in [4.78, 5) is 9.05. The van der Waals surface area contributed by atoms with Gasteiger partial charge >= 0.3 is 0 Å². The average molecular weight is 191 g/mol. The molecule has 0 aliphatic carbocycles. The normalized spacial score (nSPS) is 14.2. The van der Waals surface area contributed by atoms with Gasteiger partial charge in [-0.15, -0.1) is 0 Å². The molecule has 0 saturated carbocycles. The molecule has 0 bridgehead atoms. The number of ether oxygens (including phenoxy) is 2. The van der Waals surface area contributed by atoms with Crippen LogP contribution in [0.3, 0.4) is 0 Å². The Morgan fingerprint density at radius 1 is 1.54 bits per heavy atom. The molecular weight excluding hydrogens is 170 g/mol. The van der Waals surface area contributed by atoms with Crippen molar-refractivity contribution in [3.8, 4) is 0 Å². The maximum atomic E-state index is 9.05. The van der Waals surface area contributed by atoms with E-state index in [1.54, 1.807) is 7.11 Å². The molecule has 0 aromatic heterocycles. The molecule has 0 aromatic rings. The molecule has 4 heteroatoms. The molecule has 0 atom stereocenters. The Hall–Kier alpha value is -0.450. The summed E-state index contributed by atoms with van der Waals surface area (Å²) in [5.74, 6) is 0.685. The van der Waals surface area contributed by atoms with Gasteiger partial charge in [-0.3, -0.25) is 0 Å². The number of carbonyl (C=O) groups is 1. The minimum atomic E-state index is 0.139. The molecule has 0 unspecified atom stereocenters. The van der Waals surface area contributed by atoms with E-state index in [9.17, 15) is 0 Å². The van der Waals surface area contributed by atoms with Crippen molar-refractivity contribution < 1.29 is 14.3 Å². The smallest absolute Gasteiger partial charge is 0.133 e. The quantitative estimate of drug-likeness (QED) is 0.658. The molecule has 0 radical (unpaired) electrons. The van der Waals surface area contributed by atoms with Gasteiger partial charge in [-0.25, -0.2) is 0 Å². The van der Waals surface area contributed by atoms with E-state index in [1.165, 1.54) is 0 Å². The van der Waals surface area contributed by atoms with E-state index in [2.05, 4.69) is 5.73 Å². The predicted molar refractivity (Wildman–Crippen MR) is 52.7 cm³/mol. The fourth-order valence-electron chi connectivity index (χ4n) is 0.616. The lowest BCUT2D eigenvalue weighted by molar-refractivity contribution is -0.106. The van der Waals surface area contributed by atoms with Crippen molar-refractivity contribution in [3.05, 3.63) is 0 Å². The first-order chi connectivity index (χ1) is 6.35. The Bertz CT molecular complexity index is 94.9. The largest absolute Gasteiger partial charge is 0.384 e. The summed E-state index contributed by atoms with van der Waals surface area (Å²) in [5.41, 5.74) is 4.66. The molecule has 1 saturated heterocycles. The van der Waals surface area contributed by atoms with Gasteiger partial charge in [0, 0.05) is 19.6 Å². The summed E-state index contributed by atoms with van der Waals surface area (Å²) < 4.78 is 9.77. The van der Waals surface area contributed by atoms with E-state index < -0.39 is 0 Å². The number of hydrogen-bond donors (Lipinski definition) is 1. The zero-order valence-corrected chi connectivity index (χ0v) is 8.79. The molecule has 80 valence electrons. The average Bonchev–Trinajstić information content (AvgIpc) is 2.15. The number of hydrogen-bond acceptors (Lipinski definition) is 4. The molecule has 1 aliphatic rings. The van der Waals surface area contributed by atoms with Gasteiger partial charge in [0.15, 0.2) is 0 Å². The molecule has 0 amide bonds.